The van der Waals surface area contributed by atoms with Crippen molar-refractivity contribution >= 4 is 5.78 Å². The summed E-state index contributed by atoms with van der Waals surface area (Å²) in [5.74, 6) is -0.243. The summed E-state index contributed by atoms with van der Waals surface area (Å²) in [5.41, 5.74) is 0.884. The molecule has 0 radical (unpaired) electrons. The zero-order chi connectivity index (χ0) is 12.0. The van der Waals surface area contributed by atoms with Gasteiger partial charge in [-0.15, -0.1) is 0 Å². The molecule has 0 spiro atoms. The van der Waals surface area contributed by atoms with E-state index in [2.05, 4.69) is 5.32 Å². The lowest BCUT2D eigenvalue weighted by Crippen LogP contribution is -2.26. The molecule has 1 atom stereocenters. The van der Waals surface area contributed by atoms with Crippen LogP contribution in [0.15, 0.2) is 24.3 Å². The molecule has 88 valence electrons. The van der Waals surface area contributed by atoms with E-state index in [9.17, 15) is 9.18 Å². The van der Waals surface area contributed by atoms with Crippen molar-refractivity contribution < 1.29 is 9.18 Å². The van der Waals surface area contributed by atoms with Gasteiger partial charge in [-0.05, 0) is 24.2 Å². The van der Waals surface area contributed by atoms with Gasteiger partial charge in [0.25, 0.3) is 0 Å². The molecule has 0 aliphatic heterocycles. The van der Waals surface area contributed by atoms with Gasteiger partial charge < -0.3 is 5.32 Å². The number of Topliss-reactive ketones (excluding diaryl/α,β-unsaturated/α-hetero) is 1. The summed E-state index contributed by atoms with van der Waals surface area (Å²) in [6.45, 7) is 5.30. The molecule has 0 fully saturated rings. The fraction of sp³-hybridized carbons (Fsp3) is 0.462. The van der Waals surface area contributed by atoms with E-state index in [1.807, 2.05) is 13.8 Å². The Bertz CT molecular complexity index is 334. The van der Waals surface area contributed by atoms with Crippen molar-refractivity contribution in [2.75, 3.05) is 13.1 Å². The normalized spacial score (nSPS) is 12.4. The molecular weight excluding hydrogens is 205 g/mol. The fourth-order valence-electron chi connectivity index (χ4n) is 1.65. The molecule has 0 aromatic heterocycles. The topological polar surface area (TPSA) is 29.1 Å². The highest BCUT2D eigenvalue weighted by Crippen LogP contribution is 2.18. The molecule has 3 heteroatoms. The van der Waals surface area contributed by atoms with Gasteiger partial charge in [-0.2, -0.15) is 0 Å². The highest BCUT2D eigenvalue weighted by atomic mass is 19.1. The molecule has 0 heterocycles. The third kappa shape index (κ3) is 3.42. The van der Waals surface area contributed by atoms with E-state index in [1.165, 1.54) is 12.1 Å². The van der Waals surface area contributed by atoms with Crippen LogP contribution in [-0.2, 0) is 4.79 Å². The molecule has 0 saturated carbocycles. The van der Waals surface area contributed by atoms with Crippen molar-refractivity contribution in [3.8, 4) is 0 Å². The fourth-order valence-corrected chi connectivity index (χ4v) is 1.65. The third-order valence-electron chi connectivity index (χ3n) is 2.61. The zero-order valence-electron chi connectivity index (χ0n) is 9.79. The molecule has 0 amide bonds. The number of benzene rings is 1. The second-order valence-electron chi connectivity index (χ2n) is 3.73. The number of halogens is 1. The zero-order valence-corrected chi connectivity index (χ0v) is 9.79. The Balaban J connectivity index is 2.82. The Kier molecular flexibility index (Phi) is 5.12. The Hall–Kier alpha value is -1.22. The van der Waals surface area contributed by atoms with Crippen molar-refractivity contribution in [1.82, 2.24) is 5.32 Å². The number of rotatable bonds is 6. The molecule has 1 rings (SSSR count). The summed E-state index contributed by atoms with van der Waals surface area (Å²) in [6.07, 6.45) is 0.507. The van der Waals surface area contributed by atoms with Gasteiger partial charge in [-0.3, -0.25) is 4.79 Å². The largest absolute Gasteiger partial charge is 0.316 e. The number of hydrogen-bond donors (Lipinski definition) is 1. The SMILES string of the molecule is CCNCC(C(=O)CC)c1ccc(F)cc1. The second kappa shape index (κ2) is 6.38. The van der Waals surface area contributed by atoms with Crippen molar-refractivity contribution in [2.45, 2.75) is 26.2 Å². The average Bonchev–Trinajstić information content (AvgIpc) is 2.31. The molecule has 0 aliphatic rings. The number of carbonyl (C=O) groups is 1. The van der Waals surface area contributed by atoms with E-state index in [4.69, 9.17) is 0 Å². The predicted octanol–water partition coefficient (Wildman–Crippen LogP) is 2.50. The van der Waals surface area contributed by atoms with Gasteiger partial charge >= 0.3 is 0 Å². The van der Waals surface area contributed by atoms with Crippen LogP contribution >= 0.6 is 0 Å². The van der Waals surface area contributed by atoms with Crippen molar-refractivity contribution in [3.05, 3.63) is 35.6 Å². The van der Waals surface area contributed by atoms with E-state index in [0.29, 0.717) is 13.0 Å². The lowest BCUT2D eigenvalue weighted by molar-refractivity contribution is -0.120. The van der Waals surface area contributed by atoms with Crippen LogP contribution in [0, 0.1) is 5.82 Å². The summed E-state index contributed by atoms with van der Waals surface area (Å²) in [5, 5.41) is 3.16. The lowest BCUT2D eigenvalue weighted by Gasteiger charge is -2.15. The lowest BCUT2D eigenvalue weighted by atomic mass is 9.93. The highest BCUT2D eigenvalue weighted by molar-refractivity contribution is 5.85. The summed E-state index contributed by atoms with van der Waals surface area (Å²) in [7, 11) is 0. The average molecular weight is 223 g/mol. The van der Waals surface area contributed by atoms with Gasteiger partial charge in [0, 0.05) is 13.0 Å². The Morgan fingerprint density at radius 2 is 1.94 bits per heavy atom. The van der Waals surface area contributed by atoms with E-state index >= 15 is 0 Å². The molecule has 16 heavy (non-hydrogen) atoms. The van der Waals surface area contributed by atoms with Gasteiger partial charge in [-0.25, -0.2) is 4.39 Å². The minimum absolute atomic E-state index is 0.162. The van der Waals surface area contributed by atoms with E-state index < -0.39 is 0 Å². The minimum Gasteiger partial charge on any atom is -0.316 e. The first-order valence-electron chi connectivity index (χ1n) is 5.67. The van der Waals surface area contributed by atoms with Crippen LogP contribution in [0.3, 0.4) is 0 Å². The van der Waals surface area contributed by atoms with Crippen molar-refractivity contribution in [3.63, 3.8) is 0 Å². The number of likely N-dealkylation sites (N-methyl/N-ethyl adjacent to an activating group) is 1. The maximum atomic E-state index is 12.8. The summed E-state index contributed by atoms with van der Waals surface area (Å²) < 4.78 is 12.8. The molecule has 1 aromatic rings. The first kappa shape index (κ1) is 12.8. The van der Waals surface area contributed by atoms with Gasteiger partial charge in [0.15, 0.2) is 0 Å². The van der Waals surface area contributed by atoms with Crippen LogP contribution in [0.4, 0.5) is 4.39 Å². The summed E-state index contributed by atoms with van der Waals surface area (Å²) in [4.78, 5) is 11.8. The van der Waals surface area contributed by atoms with Crippen molar-refractivity contribution in [1.29, 1.82) is 0 Å². The predicted molar refractivity (Wildman–Crippen MR) is 63.0 cm³/mol. The quantitative estimate of drug-likeness (QED) is 0.802. The Labute approximate surface area is 95.9 Å². The van der Waals surface area contributed by atoms with Gasteiger partial charge in [0.05, 0.1) is 5.92 Å². The highest BCUT2D eigenvalue weighted by Gasteiger charge is 2.18. The van der Waals surface area contributed by atoms with Crippen LogP contribution in [0.5, 0.6) is 0 Å². The number of hydrogen-bond acceptors (Lipinski definition) is 2. The number of carbonyl (C=O) groups excluding carboxylic acids is 1. The third-order valence-corrected chi connectivity index (χ3v) is 2.61. The monoisotopic (exact) mass is 223 g/mol. The summed E-state index contributed by atoms with van der Waals surface area (Å²) >= 11 is 0. The molecule has 0 bridgehead atoms. The van der Waals surface area contributed by atoms with Gasteiger partial charge in [0.2, 0.25) is 0 Å². The summed E-state index contributed by atoms with van der Waals surface area (Å²) in [6, 6.07) is 6.17. The van der Waals surface area contributed by atoms with E-state index in [0.717, 1.165) is 12.1 Å². The molecular formula is C13H18FNO. The van der Waals surface area contributed by atoms with E-state index in [-0.39, 0.29) is 17.5 Å². The smallest absolute Gasteiger partial charge is 0.141 e. The molecule has 2 nitrogen and oxygen atoms in total. The second-order valence-corrected chi connectivity index (χ2v) is 3.73. The molecule has 0 saturated heterocycles. The van der Waals surface area contributed by atoms with Gasteiger partial charge in [0.1, 0.15) is 11.6 Å². The maximum absolute atomic E-state index is 12.8. The van der Waals surface area contributed by atoms with Crippen LogP contribution in [0.1, 0.15) is 31.7 Å². The van der Waals surface area contributed by atoms with Crippen molar-refractivity contribution in [2.24, 2.45) is 0 Å². The molecule has 1 N–H and O–H groups in total. The first-order valence-corrected chi connectivity index (χ1v) is 5.67. The number of nitrogens with one attached hydrogen (secondary N) is 1. The van der Waals surface area contributed by atoms with Gasteiger partial charge in [-0.1, -0.05) is 26.0 Å². The van der Waals surface area contributed by atoms with Crippen LogP contribution in [0.2, 0.25) is 0 Å². The minimum atomic E-state index is -0.269. The molecule has 1 aromatic carbocycles. The molecule has 0 aliphatic carbocycles. The van der Waals surface area contributed by atoms with E-state index in [1.54, 1.807) is 12.1 Å². The van der Waals surface area contributed by atoms with Crippen LogP contribution in [0.25, 0.3) is 0 Å². The Morgan fingerprint density at radius 3 is 2.44 bits per heavy atom. The standard InChI is InChI=1S/C13H18FNO/c1-3-13(16)12(9-15-4-2)10-5-7-11(14)8-6-10/h5-8,12,15H,3-4,9H2,1-2H3. The maximum Gasteiger partial charge on any atom is 0.141 e. The molecule has 1 unspecified atom stereocenters. The van der Waals surface area contributed by atoms with Crippen LogP contribution < -0.4 is 5.32 Å². The Morgan fingerprint density at radius 1 is 1.31 bits per heavy atom. The number of ketones is 1. The first-order chi connectivity index (χ1) is 7.69. The van der Waals surface area contributed by atoms with Crippen LogP contribution in [-0.4, -0.2) is 18.9 Å².